The Morgan fingerprint density at radius 2 is 1.70 bits per heavy atom. The topological polar surface area (TPSA) is 9.23 Å². The van der Waals surface area contributed by atoms with Crippen LogP contribution in [-0.4, -0.2) is 6.10 Å². The van der Waals surface area contributed by atoms with Crippen LogP contribution in [0.5, 0.6) is 5.75 Å². The van der Waals surface area contributed by atoms with E-state index in [0.29, 0.717) is 6.10 Å². The Labute approximate surface area is 124 Å². The number of hydrogen-bond donors (Lipinski definition) is 0. The van der Waals surface area contributed by atoms with E-state index in [2.05, 4.69) is 44.2 Å². The van der Waals surface area contributed by atoms with Crippen LogP contribution < -0.4 is 4.74 Å². The van der Waals surface area contributed by atoms with Gasteiger partial charge in [0.25, 0.3) is 0 Å². The van der Waals surface area contributed by atoms with E-state index in [1.807, 2.05) is 0 Å². The second kappa shape index (κ2) is 8.34. The summed E-state index contributed by atoms with van der Waals surface area (Å²) in [6.45, 7) is 4.58. The van der Waals surface area contributed by atoms with E-state index in [9.17, 15) is 0 Å². The van der Waals surface area contributed by atoms with E-state index in [1.54, 1.807) is 0 Å². The number of para-hydroxylation sites is 1. The number of rotatable bonds is 7. The van der Waals surface area contributed by atoms with Crippen LogP contribution in [0.3, 0.4) is 0 Å². The third kappa shape index (κ3) is 4.54. The van der Waals surface area contributed by atoms with Gasteiger partial charge in [0.15, 0.2) is 0 Å². The number of benzene rings is 1. The van der Waals surface area contributed by atoms with Gasteiger partial charge in [-0.15, -0.1) is 0 Å². The van der Waals surface area contributed by atoms with E-state index in [1.165, 1.54) is 51.4 Å². The maximum Gasteiger partial charge on any atom is 0.119 e. The van der Waals surface area contributed by atoms with Crippen LogP contribution in [0.2, 0.25) is 0 Å². The smallest absolute Gasteiger partial charge is 0.119 e. The van der Waals surface area contributed by atoms with Crippen molar-refractivity contribution in [3.8, 4) is 5.75 Å². The molecule has 1 atom stereocenters. The van der Waals surface area contributed by atoms with E-state index >= 15 is 0 Å². The molecule has 1 aliphatic rings. The summed E-state index contributed by atoms with van der Waals surface area (Å²) >= 11 is 0. The number of hydrogen-bond acceptors (Lipinski definition) is 1. The van der Waals surface area contributed by atoms with Crippen molar-refractivity contribution in [2.45, 2.75) is 71.3 Å². The molecular weight excluding hydrogens is 244 g/mol. The van der Waals surface area contributed by atoms with Crippen LogP contribution in [0.1, 0.15) is 65.2 Å². The molecular formula is C19H30O. The summed E-state index contributed by atoms with van der Waals surface area (Å²) in [5, 5.41) is 0. The fourth-order valence-corrected chi connectivity index (χ4v) is 3.61. The van der Waals surface area contributed by atoms with Crippen LogP contribution in [0.15, 0.2) is 30.3 Å². The van der Waals surface area contributed by atoms with Crippen LogP contribution in [0, 0.1) is 11.8 Å². The molecule has 1 unspecified atom stereocenters. The van der Waals surface area contributed by atoms with E-state index in [0.717, 1.165) is 17.6 Å². The summed E-state index contributed by atoms with van der Waals surface area (Å²) in [5.74, 6) is 2.79. The van der Waals surface area contributed by atoms with Crippen LogP contribution in [0.4, 0.5) is 0 Å². The standard InChI is InChI=1S/C19H30O/c1-3-8-16-12-14-17(15-13-16)19(9-4-2)20-18-10-6-5-7-11-18/h5-7,10-11,16-17,19H,3-4,8-9,12-15H2,1-2H3. The van der Waals surface area contributed by atoms with Crippen molar-refractivity contribution in [3.05, 3.63) is 30.3 Å². The molecule has 1 nitrogen and oxygen atoms in total. The first-order chi connectivity index (χ1) is 9.83. The largest absolute Gasteiger partial charge is 0.490 e. The monoisotopic (exact) mass is 274 g/mol. The third-order valence-corrected chi connectivity index (χ3v) is 4.72. The molecule has 0 spiro atoms. The Balaban J connectivity index is 1.89. The highest BCUT2D eigenvalue weighted by molar-refractivity contribution is 5.21. The summed E-state index contributed by atoms with van der Waals surface area (Å²) in [6, 6.07) is 10.4. The van der Waals surface area contributed by atoms with Gasteiger partial charge in [-0.1, -0.05) is 64.2 Å². The summed E-state index contributed by atoms with van der Waals surface area (Å²) in [5.41, 5.74) is 0. The zero-order chi connectivity index (χ0) is 14.2. The van der Waals surface area contributed by atoms with Crippen molar-refractivity contribution in [1.29, 1.82) is 0 Å². The summed E-state index contributed by atoms with van der Waals surface area (Å²) < 4.78 is 6.29. The minimum atomic E-state index is 0.421. The van der Waals surface area contributed by atoms with Gasteiger partial charge in [-0.25, -0.2) is 0 Å². The lowest BCUT2D eigenvalue weighted by molar-refractivity contribution is 0.0854. The van der Waals surface area contributed by atoms with Gasteiger partial charge < -0.3 is 4.74 Å². The molecule has 0 bridgehead atoms. The molecule has 0 heterocycles. The normalized spacial score (nSPS) is 24.3. The Kier molecular flexibility index (Phi) is 6.42. The molecule has 1 aromatic carbocycles. The number of ether oxygens (including phenoxy) is 1. The maximum absolute atomic E-state index is 6.29. The van der Waals surface area contributed by atoms with E-state index < -0.39 is 0 Å². The molecule has 20 heavy (non-hydrogen) atoms. The lowest BCUT2D eigenvalue weighted by atomic mass is 9.77. The van der Waals surface area contributed by atoms with Gasteiger partial charge in [-0.05, 0) is 43.2 Å². The van der Waals surface area contributed by atoms with Gasteiger partial charge in [0.05, 0.1) is 0 Å². The minimum Gasteiger partial charge on any atom is -0.490 e. The molecule has 0 N–H and O–H groups in total. The second-order valence-corrected chi connectivity index (χ2v) is 6.33. The van der Waals surface area contributed by atoms with Gasteiger partial charge in [0.1, 0.15) is 11.9 Å². The quantitative estimate of drug-likeness (QED) is 0.607. The summed E-state index contributed by atoms with van der Waals surface area (Å²) in [4.78, 5) is 0. The van der Waals surface area contributed by atoms with Crippen molar-refractivity contribution in [2.75, 3.05) is 0 Å². The SMILES string of the molecule is CCCC1CCC(C(CCC)Oc2ccccc2)CC1. The lowest BCUT2D eigenvalue weighted by Crippen LogP contribution is -2.30. The molecule has 0 aliphatic heterocycles. The van der Waals surface area contributed by atoms with Crippen molar-refractivity contribution in [3.63, 3.8) is 0 Å². The van der Waals surface area contributed by atoms with Crippen LogP contribution in [-0.2, 0) is 0 Å². The summed E-state index contributed by atoms with van der Waals surface area (Å²) in [6.07, 6.45) is 11.1. The van der Waals surface area contributed by atoms with Crippen molar-refractivity contribution < 1.29 is 4.74 Å². The molecule has 0 amide bonds. The van der Waals surface area contributed by atoms with Gasteiger partial charge in [0.2, 0.25) is 0 Å². The Hall–Kier alpha value is -0.980. The molecule has 1 heteroatoms. The Morgan fingerprint density at radius 3 is 2.30 bits per heavy atom. The van der Waals surface area contributed by atoms with Gasteiger partial charge in [-0.3, -0.25) is 0 Å². The molecule has 112 valence electrons. The molecule has 1 fully saturated rings. The Bertz CT molecular complexity index is 351. The predicted octanol–water partition coefficient (Wildman–Crippen LogP) is 5.84. The first-order valence-electron chi connectivity index (χ1n) is 8.55. The molecule has 0 aromatic heterocycles. The zero-order valence-electron chi connectivity index (χ0n) is 13.2. The van der Waals surface area contributed by atoms with Gasteiger partial charge in [-0.2, -0.15) is 0 Å². The first-order valence-corrected chi connectivity index (χ1v) is 8.55. The second-order valence-electron chi connectivity index (χ2n) is 6.33. The van der Waals surface area contributed by atoms with Gasteiger partial charge >= 0.3 is 0 Å². The molecule has 2 rings (SSSR count). The average molecular weight is 274 g/mol. The fraction of sp³-hybridized carbons (Fsp3) is 0.684. The lowest BCUT2D eigenvalue weighted by Gasteiger charge is -2.34. The maximum atomic E-state index is 6.29. The highest BCUT2D eigenvalue weighted by Crippen LogP contribution is 2.35. The average Bonchev–Trinajstić information content (AvgIpc) is 2.49. The molecule has 1 aliphatic carbocycles. The van der Waals surface area contributed by atoms with E-state index in [-0.39, 0.29) is 0 Å². The van der Waals surface area contributed by atoms with Crippen molar-refractivity contribution >= 4 is 0 Å². The summed E-state index contributed by atoms with van der Waals surface area (Å²) in [7, 11) is 0. The molecule has 1 saturated carbocycles. The molecule has 0 radical (unpaired) electrons. The highest BCUT2D eigenvalue weighted by atomic mass is 16.5. The molecule has 1 aromatic rings. The predicted molar refractivity (Wildman–Crippen MR) is 86.1 cm³/mol. The first kappa shape index (κ1) is 15.4. The minimum absolute atomic E-state index is 0.421. The zero-order valence-corrected chi connectivity index (χ0v) is 13.2. The van der Waals surface area contributed by atoms with Crippen molar-refractivity contribution in [1.82, 2.24) is 0 Å². The third-order valence-electron chi connectivity index (χ3n) is 4.72. The highest BCUT2D eigenvalue weighted by Gasteiger charge is 2.28. The Morgan fingerprint density at radius 1 is 1.00 bits per heavy atom. The van der Waals surface area contributed by atoms with Crippen molar-refractivity contribution in [2.24, 2.45) is 11.8 Å². The van der Waals surface area contributed by atoms with Crippen LogP contribution >= 0.6 is 0 Å². The molecule has 0 saturated heterocycles. The van der Waals surface area contributed by atoms with Gasteiger partial charge in [0, 0.05) is 0 Å². The van der Waals surface area contributed by atoms with Crippen LogP contribution in [0.25, 0.3) is 0 Å². The van der Waals surface area contributed by atoms with E-state index in [4.69, 9.17) is 4.74 Å². The fourth-order valence-electron chi connectivity index (χ4n) is 3.61.